The van der Waals surface area contributed by atoms with Crippen LogP contribution in [0.4, 0.5) is 11.4 Å². The van der Waals surface area contributed by atoms with Gasteiger partial charge in [0.1, 0.15) is 0 Å². The first kappa shape index (κ1) is 20.0. The zero-order chi connectivity index (χ0) is 20.1. The molecule has 1 fully saturated rings. The Balaban J connectivity index is 1.63. The van der Waals surface area contributed by atoms with E-state index in [1.807, 2.05) is 11.4 Å². The summed E-state index contributed by atoms with van der Waals surface area (Å²) in [5, 5.41) is 20.1. The van der Waals surface area contributed by atoms with Gasteiger partial charge in [0.15, 0.2) is 0 Å². The molecule has 9 heteroatoms. The lowest BCUT2D eigenvalue weighted by Gasteiger charge is -2.27. The summed E-state index contributed by atoms with van der Waals surface area (Å²) in [5.41, 5.74) is 1.87. The van der Waals surface area contributed by atoms with Crippen LogP contribution >= 0.6 is 11.3 Å². The van der Waals surface area contributed by atoms with Gasteiger partial charge in [0.05, 0.1) is 16.7 Å². The van der Waals surface area contributed by atoms with Crippen LogP contribution in [0.25, 0.3) is 0 Å². The van der Waals surface area contributed by atoms with Crippen molar-refractivity contribution >= 4 is 34.5 Å². The van der Waals surface area contributed by atoms with Crippen molar-refractivity contribution < 1.29 is 14.5 Å². The third-order valence-corrected chi connectivity index (χ3v) is 5.55. The van der Waals surface area contributed by atoms with Gasteiger partial charge in [-0.15, -0.1) is 0 Å². The first-order chi connectivity index (χ1) is 13.5. The maximum Gasteiger partial charge on any atom is 0.313 e. The zero-order valence-corrected chi connectivity index (χ0v) is 16.3. The van der Waals surface area contributed by atoms with Gasteiger partial charge in [0.2, 0.25) is 0 Å². The zero-order valence-electron chi connectivity index (χ0n) is 15.5. The lowest BCUT2D eigenvalue weighted by Crippen LogP contribution is -2.41. The predicted octanol–water partition coefficient (Wildman–Crippen LogP) is 2.86. The molecule has 0 saturated carbocycles. The average Bonchev–Trinajstić information content (AvgIpc) is 3.37. The molecule has 1 aromatic carbocycles. The summed E-state index contributed by atoms with van der Waals surface area (Å²) in [6, 6.07) is 6.20. The van der Waals surface area contributed by atoms with Crippen molar-refractivity contribution in [3.05, 3.63) is 56.3 Å². The van der Waals surface area contributed by atoms with E-state index in [2.05, 4.69) is 20.9 Å². The fourth-order valence-corrected chi connectivity index (χ4v) is 3.99. The molecule has 8 nitrogen and oxygen atoms in total. The highest BCUT2D eigenvalue weighted by Crippen LogP contribution is 2.26. The SMILES string of the molecule is Cc1ccc([N+](=O)[O-])cc1NC(=O)C(=O)NCC(c1ccsc1)N1CCCC1. The Morgan fingerprint density at radius 1 is 1.25 bits per heavy atom. The number of benzene rings is 1. The van der Waals surface area contributed by atoms with Crippen LogP contribution in [0, 0.1) is 17.0 Å². The van der Waals surface area contributed by atoms with Crippen LogP contribution in [-0.4, -0.2) is 41.3 Å². The smallest absolute Gasteiger partial charge is 0.313 e. The number of hydrogen-bond acceptors (Lipinski definition) is 6. The molecule has 0 bridgehead atoms. The lowest BCUT2D eigenvalue weighted by atomic mass is 10.1. The van der Waals surface area contributed by atoms with E-state index in [0.717, 1.165) is 31.5 Å². The van der Waals surface area contributed by atoms with Crippen LogP contribution in [0.15, 0.2) is 35.0 Å². The lowest BCUT2D eigenvalue weighted by molar-refractivity contribution is -0.384. The Bertz CT molecular complexity index is 863. The fourth-order valence-electron chi connectivity index (χ4n) is 3.28. The van der Waals surface area contributed by atoms with Gasteiger partial charge in [0.25, 0.3) is 5.69 Å². The number of rotatable bonds is 6. The second-order valence-corrected chi connectivity index (χ2v) is 7.52. The molecule has 28 heavy (non-hydrogen) atoms. The Labute approximate surface area is 166 Å². The Kier molecular flexibility index (Phi) is 6.37. The molecule has 1 saturated heterocycles. The Hall–Kier alpha value is -2.78. The molecule has 1 unspecified atom stereocenters. The van der Waals surface area contributed by atoms with Gasteiger partial charge in [-0.2, -0.15) is 11.3 Å². The number of hydrogen-bond donors (Lipinski definition) is 2. The molecule has 148 valence electrons. The summed E-state index contributed by atoms with van der Waals surface area (Å²) < 4.78 is 0. The molecular weight excluding hydrogens is 380 g/mol. The van der Waals surface area contributed by atoms with E-state index in [1.54, 1.807) is 18.3 Å². The molecule has 2 aromatic rings. The van der Waals surface area contributed by atoms with Gasteiger partial charge in [-0.1, -0.05) is 6.07 Å². The van der Waals surface area contributed by atoms with Crippen molar-refractivity contribution in [2.75, 3.05) is 25.0 Å². The third kappa shape index (κ3) is 4.73. The standard InChI is InChI=1S/C19H22N4O4S/c1-13-4-5-15(23(26)27)10-16(13)21-19(25)18(24)20-11-17(14-6-9-28-12-14)22-7-2-3-8-22/h4-6,9-10,12,17H,2-3,7-8,11H2,1H3,(H,20,24)(H,21,25). The van der Waals surface area contributed by atoms with Gasteiger partial charge in [-0.3, -0.25) is 24.6 Å². The van der Waals surface area contributed by atoms with Crippen molar-refractivity contribution in [2.24, 2.45) is 0 Å². The minimum absolute atomic E-state index is 0.0325. The number of thiophene rings is 1. The molecular formula is C19H22N4O4S. The number of non-ortho nitro benzene ring substituents is 1. The monoisotopic (exact) mass is 402 g/mol. The van der Waals surface area contributed by atoms with Crippen LogP contribution in [0.5, 0.6) is 0 Å². The van der Waals surface area contributed by atoms with Gasteiger partial charge >= 0.3 is 11.8 Å². The molecule has 1 aliphatic heterocycles. The normalized spacial score (nSPS) is 15.2. The number of nitro benzene ring substituents is 1. The highest BCUT2D eigenvalue weighted by atomic mass is 32.1. The molecule has 2 amide bonds. The van der Waals surface area contributed by atoms with Crippen molar-refractivity contribution in [1.82, 2.24) is 10.2 Å². The summed E-state index contributed by atoms with van der Waals surface area (Å²) in [5.74, 6) is -1.60. The summed E-state index contributed by atoms with van der Waals surface area (Å²) in [6.45, 7) is 3.97. The number of nitrogens with one attached hydrogen (secondary N) is 2. The van der Waals surface area contributed by atoms with Crippen LogP contribution < -0.4 is 10.6 Å². The molecule has 2 heterocycles. The Morgan fingerprint density at radius 3 is 2.64 bits per heavy atom. The summed E-state index contributed by atoms with van der Waals surface area (Å²) in [6.07, 6.45) is 2.25. The number of carbonyl (C=O) groups excluding carboxylic acids is 2. The molecule has 0 radical (unpaired) electrons. The molecule has 1 atom stereocenters. The van der Waals surface area contributed by atoms with Gasteiger partial charge in [-0.05, 0) is 60.8 Å². The van der Waals surface area contributed by atoms with E-state index in [-0.39, 0.29) is 17.4 Å². The highest BCUT2D eigenvalue weighted by Gasteiger charge is 2.25. The van der Waals surface area contributed by atoms with E-state index in [9.17, 15) is 19.7 Å². The molecule has 0 aliphatic carbocycles. The fraction of sp³-hybridized carbons (Fsp3) is 0.368. The van der Waals surface area contributed by atoms with Gasteiger partial charge < -0.3 is 10.6 Å². The Morgan fingerprint density at radius 2 is 2.00 bits per heavy atom. The molecule has 1 aromatic heterocycles. The largest absolute Gasteiger partial charge is 0.346 e. The van der Waals surface area contributed by atoms with E-state index < -0.39 is 16.7 Å². The number of nitro groups is 1. The number of carbonyl (C=O) groups is 2. The molecule has 2 N–H and O–H groups in total. The summed E-state index contributed by atoms with van der Waals surface area (Å²) >= 11 is 1.60. The van der Waals surface area contributed by atoms with Crippen LogP contribution in [0.1, 0.15) is 30.0 Å². The number of anilines is 1. The first-order valence-corrected chi connectivity index (χ1v) is 10.0. The van der Waals surface area contributed by atoms with E-state index in [1.165, 1.54) is 18.2 Å². The van der Waals surface area contributed by atoms with E-state index in [4.69, 9.17) is 0 Å². The van der Waals surface area contributed by atoms with Crippen molar-refractivity contribution in [3.63, 3.8) is 0 Å². The number of amides is 2. The van der Waals surface area contributed by atoms with Crippen molar-refractivity contribution in [3.8, 4) is 0 Å². The van der Waals surface area contributed by atoms with Gasteiger partial charge in [-0.25, -0.2) is 0 Å². The maximum atomic E-state index is 12.3. The van der Waals surface area contributed by atoms with Crippen LogP contribution in [0.2, 0.25) is 0 Å². The van der Waals surface area contributed by atoms with E-state index in [0.29, 0.717) is 12.1 Å². The number of likely N-dealkylation sites (tertiary alicyclic amines) is 1. The van der Waals surface area contributed by atoms with Crippen LogP contribution in [-0.2, 0) is 9.59 Å². The second-order valence-electron chi connectivity index (χ2n) is 6.74. The predicted molar refractivity (Wildman–Crippen MR) is 107 cm³/mol. The maximum absolute atomic E-state index is 12.3. The highest BCUT2D eigenvalue weighted by molar-refractivity contribution is 7.08. The van der Waals surface area contributed by atoms with E-state index >= 15 is 0 Å². The average molecular weight is 402 g/mol. The number of aryl methyl sites for hydroxylation is 1. The second kappa shape index (κ2) is 8.94. The molecule has 1 aliphatic rings. The third-order valence-electron chi connectivity index (χ3n) is 4.85. The van der Waals surface area contributed by atoms with Crippen LogP contribution in [0.3, 0.4) is 0 Å². The van der Waals surface area contributed by atoms with Crippen molar-refractivity contribution in [1.29, 1.82) is 0 Å². The number of nitrogens with zero attached hydrogens (tertiary/aromatic N) is 2. The minimum Gasteiger partial charge on any atom is -0.346 e. The minimum atomic E-state index is -0.839. The summed E-state index contributed by atoms with van der Waals surface area (Å²) in [4.78, 5) is 37.2. The quantitative estimate of drug-likeness (QED) is 0.439. The molecule has 3 rings (SSSR count). The topological polar surface area (TPSA) is 105 Å². The molecule has 0 spiro atoms. The van der Waals surface area contributed by atoms with Gasteiger partial charge in [0, 0.05) is 18.7 Å². The summed E-state index contributed by atoms with van der Waals surface area (Å²) in [7, 11) is 0. The first-order valence-electron chi connectivity index (χ1n) is 9.06. The van der Waals surface area contributed by atoms with Crippen molar-refractivity contribution in [2.45, 2.75) is 25.8 Å².